The Morgan fingerprint density at radius 2 is 1.31 bits per heavy atom. The third kappa shape index (κ3) is 6.65. The molecule has 174 valence electrons. The minimum absolute atomic E-state index is 0.373. The monoisotopic (exact) mass is 464 g/mol. The highest BCUT2D eigenvalue weighted by molar-refractivity contribution is 5.91. The maximum atomic E-state index is 12.3. The molecule has 0 aliphatic rings. The number of benzene rings is 4. The van der Waals surface area contributed by atoms with E-state index in [2.05, 4.69) is 10.5 Å². The van der Waals surface area contributed by atoms with Gasteiger partial charge in [-0.25, -0.2) is 10.2 Å². The minimum Gasteiger partial charge on any atom is -0.481 e. The lowest BCUT2D eigenvalue weighted by Gasteiger charge is -2.13. The number of carbonyl (C=O) groups is 2. The number of hydrazone groups is 1. The van der Waals surface area contributed by atoms with Gasteiger partial charge in [0.1, 0.15) is 11.5 Å². The molecule has 0 heterocycles. The number of amides is 1. The van der Waals surface area contributed by atoms with Gasteiger partial charge in [-0.05, 0) is 72.1 Å². The molecule has 0 aliphatic carbocycles. The van der Waals surface area contributed by atoms with Crippen LogP contribution in [-0.4, -0.2) is 24.2 Å². The van der Waals surface area contributed by atoms with E-state index in [9.17, 15) is 9.59 Å². The highest BCUT2D eigenvalue weighted by Gasteiger charge is 2.14. The van der Waals surface area contributed by atoms with Crippen LogP contribution in [-0.2, 0) is 4.79 Å². The fraction of sp³-hybridized carbons (Fsp3) is 0.0690. The summed E-state index contributed by atoms with van der Waals surface area (Å²) >= 11 is 0. The van der Waals surface area contributed by atoms with Gasteiger partial charge >= 0.3 is 5.97 Å². The van der Waals surface area contributed by atoms with E-state index in [1.54, 1.807) is 55.5 Å². The lowest BCUT2D eigenvalue weighted by Crippen LogP contribution is -2.33. The summed E-state index contributed by atoms with van der Waals surface area (Å²) in [7, 11) is 0. The molecule has 0 radical (unpaired) electrons. The summed E-state index contributed by atoms with van der Waals surface area (Å²) in [5, 5.41) is 3.98. The fourth-order valence-corrected chi connectivity index (χ4v) is 3.24. The molecule has 0 spiro atoms. The van der Waals surface area contributed by atoms with E-state index in [1.165, 1.54) is 6.21 Å². The molecule has 35 heavy (non-hydrogen) atoms. The predicted molar refractivity (Wildman–Crippen MR) is 136 cm³/mol. The van der Waals surface area contributed by atoms with Crippen LogP contribution in [0.4, 0.5) is 0 Å². The first kappa shape index (κ1) is 23.4. The normalized spacial score (nSPS) is 11.6. The maximum Gasteiger partial charge on any atom is 0.343 e. The van der Waals surface area contributed by atoms with Crippen molar-refractivity contribution in [1.29, 1.82) is 0 Å². The Morgan fingerprint density at radius 3 is 1.97 bits per heavy atom. The van der Waals surface area contributed by atoms with Crippen molar-refractivity contribution in [3.63, 3.8) is 0 Å². The quantitative estimate of drug-likeness (QED) is 0.162. The molecule has 6 nitrogen and oxygen atoms in total. The molecule has 1 atom stereocenters. The molecular formula is C29H24N2O4. The van der Waals surface area contributed by atoms with Gasteiger partial charge in [-0.2, -0.15) is 5.10 Å². The molecule has 6 heteroatoms. The van der Waals surface area contributed by atoms with Crippen molar-refractivity contribution in [3.8, 4) is 22.6 Å². The van der Waals surface area contributed by atoms with Crippen molar-refractivity contribution in [1.82, 2.24) is 5.43 Å². The second-order valence-corrected chi connectivity index (χ2v) is 7.71. The van der Waals surface area contributed by atoms with Gasteiger partial charge in [0.15, 0.2) is 6.10 Å². The number of hydrogen-bond donors (Lipinski definition) is 1. The van der Waals surface area contributed by atoms with E-state index in [-0.39, 0.29) is 5.91 Å². The Hall–Kier alpha value is -4.71. The van der Waals surface area contributed by atoms with E-state index < -0.39 is 12.1 Å². The summed E-state index contributed by atoms with van der Waals surface area (Å²) < 4.78 is 11.1. The largest absolute Gasteiger partial charge is 0.481 e. The number of ether oxygens (including phenoxy) is 2. The maximum absolute atomic E-state index is 12.3. The molecule has 1 N–H and O–H groups in total. The summed E-state index contributed by atoms with van der Waals surface area (Å²) in [6, 6.07) is 33.2. The van der Waals surface area contributed by atoms with Crippen LogP contribution in [0.5, 0.6) is 11.5 Å². The first-order valence-electron chi connectivity index (χ1n) is 11.1. The van der Waals surface area contributed by atoms with Crippen LogP contribution in [0.15, 0.2) is 114 Å². The van der Waals surface area contributed by atoms with E-state index in [0.717, 1.165) is 16.7 Å². The number of esters is 1. The summed E-state index contributed by atoms with van der Waals surface area (Å²) in [6.07, 6.45) is 0.775. The third-order valence-electron chi connectivity index (χ3n) is 5.13. The zero-order chi connectivity index (χ0) is 24.5. The summed E-state index contributed by atoms with van der Waals surface area (Å²) in [5.74, 6) is 0.210. The lowest BCUT2D eigenvalue weighted by molar-refractivity contribution is -0.127. The van der Waals surface area contributed by atoms with E-state index in [0.29, 0.717) is 17.1 Å². The van der Waals surface area contributed by atoms with Crippen molar-refractivity contribution >= 4 is 18.1 Å². The Labute approximate surface area is 203 Å². The minimum atomic E-state index is -0.727. The molecule has 4 rings (SSSR count). The van der Waals surface area contributed by atoms with E-state index >= 15 is 0 Å². The molecule has 0 saturated carbocycles. The average molecular weight is 465 g/mol. The summed E-state index contributed by atoms with van der Waals surface area (Å²) in [4.78, 5) is 24.4. The van der Waals surface area contributed by atoms with E-state index in [4.69, 9.17) is 9.47 Å². The molecule has 0 aliphatic heterocycles. The fourth-order valence-electron chi connectivity index (χ4n) is 3.24. The highest BCUT2D eigenvalue weighted by Crippen LogP contribution is 2.22. The number of carbonyl (C=O) groups excluding carboxylic acids is 2. The van der Waals surface area contributed by atoms with Gasteiger partial charge in [0.25, 0.3) is 5.91 Å². The third-order valence-corrected chi connectivity index (χ3v) is 5.13. The average Bonchev–Trinajstić information content (AvgIpc) is 2.91. The Bertz CT molecular complexity index is 1290. The predicted octanol–water partition coefficient (Wildman–Crippen LogP) is 5.49. The molecule has 0 aromatic heterocycles. The molecule has 0 saturated heterocycles. The van der Waals surface area contributed by atoms with Gasteiger partial charge < -0.3 is 9.47 Å². The van der Waals surface area contributed by atoms with Crippen molar-refractivity contribution in [2.75, 3.05) is 0 Å². The van der Waals surface area contributed by atoms with Gasteiger partial charge in [-0.3, -0.25) is 4.79 Å². The molecule has 0 unspecified atom stereocenters. The molecule has 0 bridgehead atoms. The lowest BCUT2D eigenvalue weighted by atomic mass is 10.1. The van der Waals surface area contributed by atoms with Crippen molar-refractivity contribution < 1.29 is 19.1 Å². The van der Waals surface area contributed by atoms with Gasteiger partial charge in [-0.15, -0.1) is 0 Å². The molecule has 1 amide bonds. The Balaban J connectivity index is 1.26. The first-order chi connectivity index (χ1) is 17.1. The standard InChI is InChI=1S/C29H24N2O4/c1-21(34-26-18-14-24(15-19-26)23-8-4-2-5-9-23)28(32)31-30-20-22-12-16-27(17-13-22)35-29(33)25-10-6-3-7-11-25/h2-21H,1H3,(H,31,32)/b30-20-/t21-/m1/s1. The van der Waals surface area contributed by atoms with Crippen LogP contribution in [0.3, 0.4) is 0 Å². The summed E-state index contributed by atoms with van der Waals surface area (Å²) in [5.41, 5.74) is 5.87. The van der Waals surface area contributed by atoms with Crippen LogP contribution in [0.2, 0.25) is 0 Å². The Kier molecular flexibility index (Phi) is 7.66. The van der Waals surface area contributed by atoms with Gasteiger partial charge in [0, 0.05) is 0 Å². The Morgan fingerprint density at radius 1 is 0.743 bits per heavy atom. The second kappa shape index (κ2) is 11.4. The SMILES string of the molecule is C[C@@H](Oc1ccc(-c2ccccc2)cc1)C(=O)N/N=C\c1ccc(OC(=O)c2ccccc2)cc1. The number of rotatable bonds is 8. The van der Waals surface area contributed by atoms with Gasteiger partial charge in [-0.1, -0.05) is 60.7 Å². The van der Waals surface area contributed by atoms with E-state index in [1.807, 2.05) is 60.7 Å². The summed E-state index contributed by atoms with van der Waals surface area (Å²) in [6.45, 7) is 1.66. The highest BCUT2D eigenvalue weighted by atomic mass is 16.5. The van der Waals surface area contributed by atoms with Crippen molar-refractivity contribution in [2.24, 2.45) is 5.10 Å². The van der Waals surface area contributed by atoms with Gasteiger partial charge in [0.2, 0.25) is 0 Å². The molecular weight excluding hydrogens is 440 g/mol. The smallest absolute Gasteiger partial charge is 0.343 e. The molecule has 0 fully saturated rings. The van der Waals surface area contributed by atoms with Gasteiger partial charge in [0.05, 0.1) is 11.8 Å². The zero-order valence-corrected chi connectivity index (χ0v) is 19.1. The number of nitrogens with one attached hydrogen (secondary N) is 1. The van der Waals surface area contributed by atoms with Crippen molar-refractivity contribution in [2.45, 2.75) is 13.0 Å². The first-order valence-corrected chi connectivity index (χ1v) is 11.1. The number of hydrogen-bond acceptors (Lipinski definition) is 5. The van der Waals surface area contributed by atoms with Crippen molar-refractivity contribution in [3.05, 3.63) is 120 Å². The van der Waals surface area contributed by atoms with Crippen LogP contribution >= 0.6 is 0 Å². The van der Waals surface area contributed by atoms with Crippen LogP contribution < -0.4 is 14.9 Å². The van der Waals surface area contributed by atoms with Crippen LogP contribution in [0, 0.1) is 0 Å². The molecule has 4 aromatic rings. The molecule has 4 aromatic carbocycles. The number of nitrogens with zero attached hydrogens (tertiary/aromatic N) is 1. The van der Waals surface area contributed by atoms with Crippen LogP contribution in [0.1, 0.15) is 22.8 Å². The zero-order valence-electron chi connectivity index (χ0n) is 19.1. The van der Waals surface area contributed by atoms with Crippen LogP contribution in [0.25, 0.3) is 11.1 Å². The second-order valence-electron chi connectivity index (χ2n) is 7.71. The topological polar surface area (TPSA) is 77.0 Å².